The second-order valence-corrected chi connectivity index (χ2v) is 10.1. The quantitative estimate of drug-likeness (QED) is 0.592. The molecule has 3 nitrogen and oxygen atoms in total. The minimum atomic E-state index is -4.34. The third kappa shape index (κ3) is 4.72. The molecule has 0 aromatic carbocycles. The lowest BCUT2D eigenvalue weighted by Gasteiger charge is -2.41. The van der Waals surface area contributed by atoms with Crippen molar-refractivity contribution in [1.82, 2.24) is 14.7 Å². The highest BCUT2D eigenvalue weighted by Crippen LogP contribution is 2.43. The number of hydrogen-bond donors (Lipinski definition) is 0. The van der Waals surface area contributed by atoms with Crippen molar-refractivity contribution in [2.75, 3.05) is 24.6 Å². The predicted molar refractivity (Wildman–Crippen MR) is 108 cm³/mol. The molecule has 0 amide bonds. The number of hydrogen-bond acceptors (Lipinski definition) is 3. The van der Waals surface area contributed by atoms with Crippen LogP contribution in [0.5, 0.6) is 0 Å². The molecule has 1 saturated heterocycles. The Morgan fingerprint density at radius 3 is 2.43 bits per heavy atom. The topological polar surface area (TPSA) is 21.1 Å². The molecule has 1 aliphatic heterocycles. The van der Waals surface area contributed by atoms with E-state index in [2.05, 4.69) is 16.9 Å². The Morgan fingerprint density at radius 2 is 1.79 bits per heavy atom. The third-order valence-corrected chi connectivity index (χ3v) is 7.80. The molecule has 7 heteroatoms. The van der Waals surface area contributed by atoms with Crippen LogP contribution in [0.4, 0.5) is 13.2 Å². The smallest absolute Gasteiger partial charge is 0.300 e. The predicted octanol–water partition coefficient (Wildman–Crippen LogP) is 5.73. The number of halogens is 3. The molecule has 1 aromatic heterocycles. The monoisotopic (exact) mass is 415 g/mol. The maximum Gasteiger partial charge on any atom is 0.435 e. The normalized spacial score (nSPS) is 29.9. The van der Waals surface area contributed by atoms with Gasteiger partial charge >= 0.3 is 6.18 Å². The van der Waals surface area contributed by atoms with Gasteiger partial charge in [0.2, 0.25) is 0 Å². The van der Waals surface area contributed by atoms with Gasteiger partial charge in [0.25, 0.3) is 0 Å². The Hall–Kier alpha value is -0.690. The van der Waals surface area contributed by atoms with Gasteiger partial charge in [-0.3, -0.25) is 4.68 Å². The van der Waals surface area contributed by atoms with Crippen molar-refractivity contribution in [2.45, 2.75) is 82.5 Å². The summed E-state index contributed by atoms with van der Waals surface area (Å²) in [4.78, 5) is 2.68. The van der Waals surface area contributed by atoms with Crippen LogP contribution in [0.15, 0.2) is 6.07 Å². The van der Waals surface area contributed by atoms with Crippen LogP contribution in [0.2, 0.25) is 0 Å². The molecule has 0 spiro atoms. The van der Waals surface area contributed by atoms with Crippen LogP contribution in [-0.4, -0.2) is 45.3 Å². The first kappa shape index (κ1) is 20.6. The molecule has 0 N–H and O–H groups in total. The largest absolute Gasteiger partial charge is 0.435 e. The highest BCUT2D eigenvalue weighted by atomic mass is 32.2. The number of thioether (sulfide) groups is 1. The number of alkyl halides is 3. The highest BCUT2D eigenvalue weighted by Gasteiger charge is 2.39. The van der Waals surface area contributed by atoms with Crippen LogP contribution < -0.4 is 0 Å². The molecule has 3 fully saturated rings. The Labute approximate surface area is 170 Å². The van der Waals surface area contributed by atoms with Gasteiger partial charge in [0.1, 0.15) is 0 Å². The molecule has 1 atom stereocenters. The number of rotatable bonds is 6. The Kier molecular flexibility index (Phi) is 6.31. The molecule has 2 aliphatic carbocycles. The first-order chi connectivity index (χ1) is 13.5. The number of likely N-dealkylation sites (tertiary alicyclic amines) is 1. The zero-order valence-corrected chi connectivity index (χ0v) is 17.6. The fraction of sp³-hybridized carbons (Fsp3) is 0.857. The van der Waals surface area contributed by atoms with Gasteiger partial charge < -0.3 is 4.90 Å². The Morgan fingerprint density at radius 1 is 1.07 bits per heavy atom. The summed E-state index contributed by atoms with van der Waals surface area (Å²) in [5.74, 6) is 3.50. The van der Waals surface area contributed by atoms with E-state index in [1.165, 1.54) is 43.5 Å². The minimum absolute atomic E-state index is 0.197. The molecule has 0 bridgehead atoms. The van der Waals surface area contributed by atoms with Gasteiger partial charge in [-0.05, 0) is 81.4 Å². The van der Waals surface area contributed by atoms with Crippen molar-refractivity contribution in [3.63, 3.8) is 0 Å². The summed E-state index contributed by atoms with van der Waals surface area (Å²) in [5, 5.41) is 3.94. The van der Waals surface area contributed by atoms with E-state index in [1.807, 2.05) is 11.8 Å². The summed E-state index contributed by atoms with van der Waals surface area (Å²) >= 11 is 2.05. The second kappa shape index (κ2) is 8.58. The molecule has 0 radical (unpaired) electrons. The molecule has 158 valence electrons. The summed E-state index contributed by atoms with van der Waals surface area (Å²) < 4.78 is 41.2. The van der Waals surface area contributed by atoms with Gasteiger partial charge in [-0.15, -0.1) is 0 Å². The Balaban J connectivity index is 1.37. The third-order valence-electron chi connectivity index (χ3n) is 6.69. The lowest BCUT2D eigenvalue weighted by atomic mass is 9.82. The maximum atomic E-state index is 13.2. The lowest BCUT2D eigenvalue weighted by Crippen LogP contribution is -2.44. The molecule has 2 heterocycles. The summed E-state index contributed by atoms with van der Waals surface area (Å²) in [5.41, 5.74) is 0.132. The average Bonchev–Trinajstić information content (AvgIpc) is 3.43. The van der Waals surface area contributed by atoms with Crippen molar-refractivity contribution in [3.8, 4) is 0 Å². The standard InChI is InChI=1S/C21H32F3N3S/c1-2-28-14-15-4-3-11-26(13-15)17-7-5-16(6-8-17)19-12-20(21(22,23)24)25-27(19)18-9-10-18/h12,15-18H,2-11,13-14H2,1H3/t15?,16-,17+. The lowest BCUT2D eigenvalue weighted by molar-refractivity contribution is -0.141. The van der Waals surface area contributed by atoms with E-state index in [0.717, 1.165) is 50.1 Å². The molecule has 2 saturated carbocycles. The zero-order chi connectivity index (χ0) is 19.7. The van der Waals surface area contributed by atoms with E-state index in [1.54, 1.807) is 4.68 Å². The van der Waals surface area contributed by atoms with Gasteiger partial charge in [-0.2, -0.15) is 30.0 Å². The van der Waals surface area contributed by atoms with Crippen molar-refractivity contribution in [3.05, 3.63) is 17.5 Å². The zero-order valence-electron chi connectivity index (χ0n) is 16.8. The summed E-state index contributed by atoms with van der Waals surface area (Å²) in [6.07, 6.45) is 4.42. The fourth-order valence-corrected chi connectivity index (χ4v) is 5.89. The maximum absolute atomic E-state index is 13.2. The molecular weight excluding hydrogens is 383 g/mol. The van der Waals surface area contributed by atoms with Crippen LogP contribution in [0.25, 0.3) is 0 Å². The number of piperidine rings is 1. The summed E-state index contributed by atoms with van der Waals surface area (Å²) in [6, 6.07) is 2.15. The van der Waals surface area contributed by atoms with Gasteiger partial charge in [0.15, 0.2) is 5.69 Å². The first-order valence-electron chi connectivity index (χ1n) is 10.9. The molecule has 4 rings (SSSR count). The molecular formula is C21H32F3N3S. The van der Waals surface area contributed by atoms with Gasteiger partial charge in [0.05, 0.1) is 6.04 Å². The SMILES string of the molecule is CCSCC1CCCN([C@H]2CC[C@@H](c3cc(C(F)(F)F)nn3C3CC3)CC2)C1. The van der Waals surface area contributed by atoms with Crippen molar-refractivity contribution < 1.29 is 13.2 Å². The van der Waals surface area contributed by atoms with Crippen molar-refractivity contribution >= 4 is 11.8 Å². The van der Waals surface area contributed by atoms with Crippen LogP contribution in [0.3, 0.4) is 0 Å². The van der Waals surface area contributed by atoms with Crippen molar-refractivity contribution in [1.29, 1.82) is 0 Å². The van der Waals surface area contributed by atoms with Gasteiger partial charge in [0, 0.05) is 24.2 Å². The van der Waals surface area contributed by atoms with Crippen molar-refractivity contribution in [2.24, 2.45) is 5.92 Å². The van der Waals surface area contributed by atoms with E-state index in [-0.39, 0.29) is 12.0 Å². The minimum Gasteiger partial charge on any atom is -0.300 e. The Bertz CT molecular complexity index is 648. The van der Waals surface area contributed by atoms with Crippen LogP contribution in [0, 0.1) is 5.92 Å². The average molecular weight is 416 g/mol. The van der Waals surface area contributed by atoms with Crippen LogP contribution >= 0.6 is 11.8 Å². The van der Waals surface area contributed by atoms with Crippen LogP contribution in [-0.2, 0) is 6.18 Å². The van der Waals surface area contributed by atoms with E-state index in [4.69, 9.17) is 0 Å². The molecule has 1 unspecified atom stereocenters. The first-order valence-corrected chi connectivity index (χ1v) is 12.1. The van der Waals surface area contributed by atoms with Crippen LogP contribution in [0.1, 0.15) is 81.6 Å². The molecule has 1 aromatic rings. The molecule has 28 heavy (non-hydrogen) atoms. The van der Waals surface area contributed by atoms with E-state index in [9.17, 15) is 13.2 Å². The van der Waals surface area contributed by atoms with E-state index < -0.39 is 11.9 Å². The second-order valence-electron chi connectivity index (χ2n) is 8.80. The van der Waals surface area contributed by atoms with E-state index in [0.29, 0.717) is 6.04 Å². The van der Waals surface area contributed by atoms with E-state index >= 15 is 0 Å². The number of nitrogens with zero attached hydrogens (tertiary/aromatic N) is 3. The van der Waals surface area contributed by atoms with Gasteiger partial charge in [-0.1, -0.05) is 6.92 Å². The number of aromatic nitrogens is 2. The summed E-state index contributed by atoms with van der Waals surface area (Å²) in [6.45, 7) is 4.63. The molecule has 3 aliphatic rings. The fourth-order valence-electron chi connectivity index (χ4n) is 5.05. The highest BCUT2D eigenvalue weighted by molar-refractivity contribution is 7.99. The summed E-state index contributed by atoms with van der Waals surface area (Å²) in [7, 11) is 0. The van der Waals surface area contributed by atoms with Gasteiger partial charge in [-0.25, -0.2) is 0 Å².